The summed E-state index contributed by atoms with van der Waals surface area (Å²) in [4.78, 5) is 15.6. The van der Waals surface area contributed by atoms with Crippen LogP contribution in [0.25, 0.3) is 5.69 Å². The molecule has 2 aromatic heterocycles. The highest BCUT2D eigenvalue weighted by molar-refractivity contribution is 7.91. The van der Waals surface area contributed by atoms with Gasteiger partial charge in [-0.2, -0.15) is 9.90 Å². The predicted molar refractivity (Wildman–Crippen MR) is 97.0 cm³/mol. The molecule has 0 aliphatic carbocycles. The van der Waals surface area contributed by atoms with Crippen molar-refractivity contribution in [2.45, 2.75) is 17.4 Å². The average molecular weight is 386 g/mol. The van der Waals surface area contributed by atoms with Crippen LogP contribution in [0.4, 0.5) is 0 Å². The molecule has 4 rings (SSSR count). The number of rotatable bonds is 5. The number of para-hydroxylation sites is 1. The lowest BCUT2D eigenvalue weighted by molar-refractivity contribution is 0.0787. The summed E-state index contributed by atoms with van der Waals surface area (Å²) < 4.78 is 30.3. The highest BCUT2D eigenvalue weighted by Gasteiger charge is 2.36. The number of carbonyl (C=O) groups is 1. The maximum atomic E-state index is 12.7. The number of amides is 1. The average Bonchev–Trinajstić information content (AvgIpc) is 3.42. The van der Waals surface area contributed by atoms with Crippen LogP contribution >= 0.6 is 0 Å². The van der Waals surface area contributed by atoms with Gasteiger partial charge in [0.1, 0.15) is 11.5 Å². The Morgan fingerprint density at radius 3 is 2.74 bits per heavy atom. The molecule has 1 fully saturated rings. The van der Waals surface area contributed by atoms with E-state index in [4.69, 9.17) is 4.42 Å². The predicted octanol–water partition coefficient (Wildman–Crippen LogP) is 1.69. The monoisotopic (exact) mass is 386 g/mol. The van der Waals surface area contributed by atoms with Gasteiger partial charge in [-0.3, -0.25) is 4.79 Å². The molecule has 3 aromatic rings. The molecular formula is C18H18N4O4S. The number of aromatic nitrogens is 3. The number of carbonyl (C=O) groups excluding carboxylic acids is 1. The van der Waals surface area contributed by atoms with E-state index in [9.17, 15) is 13.2 Å². The minimum atomic E-state index is -3.40. The van der Waals surface area contributed by atoms with E-state index in [1.54, 1.807) is 12.1 Å². The van der Waals surface area contributed by atoms with Crippen molar-refractivity contribution in [3.05, 3.63) is 66.4 Å². The molecule has 1 aliphatic heterocycles. The standard InChI is InChI=1S/C18H18N4O4S/c23-18(17-11-19-22(20-17)14-5-2-1-3-6-14)21-9-8-16(12-21)27(24,25)13-15-7-4-10-26-15/h1-7,10-11,16H,8-9,12-13H2. The lowest BCUT2D eigenvalue weighted by Crippen LogP contribution is -2.32. The van der Waals surface area contributed by atoms with Gasteiger partial charge in [-0.1, -0.05) is 18.2 Å². The molecule has 1 aromatic carbocycles. The summed E-state index contributed by atoms with van der Waals surface area (Å²) in [5.41, 5.74) is 0.944. The maximum absolute atomic E-state index is 12.7. The van der Waals surface area contributed by atoms with Crippen molar-refractivity contribution in [1.82, 2.24) is 19.9 Å². The van der Waals surface area contributed by atoms with E-state index in [0.29, 0.717) is 18.7 Å². The third kappa shape index (κ3) is 3.63. The van der Waals surface area contributed by atoms with Gasteiger partial charge in [-0.05, 0) is 30.7 Å². The van der Waals surface area contributed by atoms with Gasteiger partial charge in [-0.15, -0.1) is 5.10 Å². The van der Waals surface area contributed by atoms with Crippen molar-refractivity contribution >= 4 is 15.7 Å². The Morgan fingerprint density at radius 1 is 1.19 bits per heavy atom. The molecule has 0 saturated carbocycles. The summed E-state index contributed by atoms with van der Waals surface area (Å²) in [7, 11) is -3.40. The summed E-state index contributed by atoms with van der Waals surface area (Å²) in [6.07, 6.45) is 3.26. The van der Waals surface area contributed by atoms with Gasteiger partial charge in [0.15, 0.2) is 15.5 Å². The van der Waals surface area contributed by atoms with Crippen LogP contribution in [0.2, 0.25) is 0 Å². The first kappa shape index (κ1) is 17.5. The van der Waals surface area contributed by atoms with Crippen LogP contribution in [0.1, 0.15) is 22.7 Å². The van der Waals surface area contributed by atoms with Crippen LogP contribution in [0, 0.1) is 0 Å². The van der Waals surface area contributed by atoms with Gasteiger partial charge in [0.2, 0.25) is 0 Å². The van der Waals surface area contributed by atoms with E-state index in [0.717, 1.165) is 5.69 Å². The third-order valence-electron chi connectivity index (χ3n) is 4.56. The zero-order valence-electron chi connectivity index (χ0n) is 14.4. The second-order valence-electron chi connectivity index (χ2n) is 6.40. The number of likely N-dealkylation sites (tertiary alicyclic amines) is 1. The Bertz CT molecular complexity index is 1030. The third-order valence-corrected chi connectivity index (χ3v) is 6.65. The molecule has 1 aliphatic rings. The van der Waals surface area contributed by atoms with Crippen molar-refractivity contribution in [3.8, 4) is 5.69 Å². The molecule has 1 saturated heterocycles. The number of nitrogens with zero attached hydrogens (tertiary/aromatic N) is 4. The molecule has 0 spiro atoms. The number of furan rings is 1. The first-order chi connectivity index (χ1) is 13.0. The zero-order valence-corrected chi connectivity index (χ0v) is 15.2. The summed E-state index contributed by atoms with van der Waals surface area (Å²) in [6.45, 7) is 0.527. The maximum Gasteiger partial charge on any atom is 0.276 e. The number of hydrogen-bond donors (Lipinski definition) is 0. The molecule has 8 nitrogen and oxygen atoms in total. The van der Waals surface area contributed by atoms with Crippen molar-refractivity contribution in [3.63, 3.8) is 0 Å². The quantitative estimate of drug-likeness (QED) is 0.662. The topological polar surface area (TPSA) is 98.3 Å². The normalized spacial score (nSPS) is 17.3. The van der Waals surface area contributed by atoms with Gasteiger partial charge in [-0.25, -0.2) is 8.42 Å². The molecule has 1 unspecified atom stereocenters. The van der Waals surface area contributed by atoms with Crippen LogP contribution < -0.4 is 0 Å². The highest BCUT2D eigenvalue weighted by Crippen LogP contribution is 2.22. The minimum Gasteiger partial charge on any atom is -0.468 e. The summed E-state index contributed by atoms with van der Waals surface area (Å²) in [6, 6.07) is 12.6. The Hall–Kier alpha value is -2.94. The van der Waals surface area contributed by atoms with Crippen LogP contribution in [0.15, 0.2) is 59.3 Å². The van der Waals surface area contributed by atoms with Crippen molar-refractivity contribution in [1.29, 1.82) is 0 Å². The molecule has 0 N–H and O–H groups in total. The highest BCUT2D eigenvalue weighted by atomic mass is 32.2. The van der Waals surface area contributed by atoms with Crippen LogP contribution in [0.5, 0.6) is 0 Å². The molecule has 9 heteroatoms. The SMILES string of the molecule is O=C(c1cnn(-c2ccccc2)n1)N1CCC(S(=O)(=O)Cc2ccco2)C1. The van der Waals surface area contributed by atoms with E-state index < -0.39 is 15.1 Å². The molecule has 1 atom stereocenters. The van der Waals surface area contributed by atoms with Crippen LogP contribution in [-0.2, 0) is 15.6 Å². The lowest BCUT2D eigenvalue weighted by atomic mass is 10.3. The Balaban J connectivity index is 1.44. The van der Waals surface area contributed by atoms with Gasteiger partial charge < -0.3 is 9.32 Å². The van der Waals surface area contributed by atoms with Crippen molar-refractivity contribution < 1.29 is 17.6 Å². The fourth-order valence-corrected chi connectivity index (χ4v) is 4.79. The van der Waals surface area contributed by atoms with Gasteiger partial charge in [0.25, 0.3) is 5.91 Å². The summed E-state index contributed by atoms with van der Waals surface area (Å²) in [5.74, 6) is -0.0601. The summed E-state index contributed by atoms with van der Waals surface area (Å²) in [5, 5.41) is 7.75. The molecule has 0 bridgehead atoms. The molecule has 0 radical (unpaired) electrons. The second kappa shape index (κ2) is 6.99. The smallest absolute Gasteiger partial charge is 0.276 e. The van der Waals surface area contributed by atoms with Crippen molar-refractivity contribution in [2.75, 3.05) is 13.1 Å². The molecule has 3 heterocycles. The van der Waals surface area contributed by atoms with Crippen molar-refractivity contribution in [2.24, 2.45) is 0 Å². The number of hydrogen-bond acceptors (Lipinski definition) is 6. The van der Waals surface area contributed by atoms with Gasteiger partial charge in [0.05, 0.1) is 23.4 Å². The molecule has 27 heavy (non-hydrogen) atoms. The van der Waals surface area contributed by atoms with E-state index in [2.05, 4.69) is 10.2 Å². The largest absolute Gasteiger partial charge is 0.468 e. The minimum absolute atomic E-state index is 0.153. The Labute approximate surface area is 156 Å². The van der Waals surface area contributed by atoms with Crippen LogP contribution in [-0.4, -0.2) is 52.6 Å². The van der Waals surface area contributed by atoms with E-state index >= 15 is 0 Å². The first-order valence-corrected chi connectivity index (χ1v) is 10.3. The fraction of sp³-hybridized carbons (Fsp3) is 0.278. The summed E-state index contributed by atoms with van der Waals surface area (Å²) >= 11 is 0. The Kier molecular flexibility index (Phi) is 4.53. The van der Waals surface area contributed by atoms with E-state index in [-0.39, 0.29) is 23.9 Å². The Morgan fingerprint density at radius 2 is 2.00 bits per heavy atom. The molecule has 140 valence electrons. The van der Waals surface area contributed by atoms with Gasteiger partial charge in [0, 0.05) is 13.1 Å². The number of benzene rings is 1. The number of sulfone groups is 1. The zero-order chi connectivity index (χ0) is 18.9. The van der Waals surface area contributed by atoms with E-state index in [1.807, 2.05) is 30.3 Å². The first-order valence-electron chi connectivity index (χ1n) is 8.54. The lowest BCUT2D eigenvalue weighted by Gasteiger charge is -2.15. The van der Waals surface area contributed by atoms with Gasteiger partial charge >= 0.3 is 0 Å². The van der Waals surface area contributed by atoms with Crippen LogP contribution in [0.3, 0.4) is 0 Å². The molecule has 1 amide bonds. The van der Waals surface area contributed by atoms with E-state index in [1.165, 1.54) is 22.2 Å². The second-order valence-corrected chi connectivity index (χ2v) is 8.68. The fourth-order valence-electron chi connectivity index (χ4n) is 3.13. The molecular weight excluding hydrogens is 368 g/mol.